The fourth-order valence-corrected chi connectivity index (χ4v) is 2.65. The summed E-state index contributed by atoms with van der Waals surface area (Å²) >= 11 is 0. The van der Waals surface area contributed by atoms with Crippen molar-refractivity contribution >= 4 is 17.9 Å². The van der Waals surface area contributed by atoms with E-state index >= 15 is 0 Å². The summed E-state index contributed by atoms with van der Waals surface area (Å²) in [6, 6.07) is 6.30. The molecule has 0 fully saturated rings. The highest BCUT2D eigenvalue weighted by molar-refractivity contribution is 5.94. The fourth-order valence-electron chi connectivity index (χ4n) is 2.65. The molecule has 3 amide bonds. The third kappa shape index (κ3) is 8.54. The van der Waals surface area contributed by atoms with Crippen molar-refractivity contribution in [2.24, 2.45) is 11.8 Å². The molecule has 2 atom stereocenters. The summed E-state index contributed by atoms with van der Waals surface area (Å²) in [7, 11) is 0. The second-order valence-corrected chi connectivity index (χ2v) is 8.26. The Labute approximate surface area is 174 Å². The molecule has 3 N–H and O–H groups in total. The van der Waals surface area contributed by atoms with Gasteiger partial charge in [0, 0.05) is 18.2 Å². The molecule has 0 aliphatic rings. The van der Waals surface area contributed by atoms with Crippen molar-refractivity contribution in [1.29, 1.82) is 0 Å². The summed E-state index contributed by atoms with van der Waals surface area (Å²) in [6.07, 6.45) is -0.895. The van der Waals surface area contributed by atoms with Gasteiger partial charge in [0.25, 0.3) is 5.91 Å². The van der Waals surface area contributed by atoms with Gasteiger partial charge in [0.2, 0.25) is 5.91 Å². The molecule has 7 nitrogen and oxygen atoms in total. The van der Waals surface area contributed by atoms with Gasteiger partial charge in [-0.15, -0.1) is 0 Å². The van der Waals surface area contributed by atoms with E-state index in [9.17, 15) is 14.4 Å². The van der Waals surface area contributed by atoms with Gasteiger partial charge >= 0.3 is 6.09 Å². The normalized spacial score (nSPS) is 13.2. The number of hydrogen-bond donors (Lipinski definition) is 3. The second-order valence-electron chi connectivity index (χ2n) is 8.26. The minimum Gasteiger partial charge on any atom is -0.447 e. The van der Waals surface area contributed by atoms with Crippen LogP contribution in [-0.4, -0.2) is 42.6 Å². The standard InChI is InChI=1S/C22H35N3O4/c1-13(2)18(12-23-20(26)17-10-8-16(7)9-11-17)24-21(27)19(14(3)4)25-22(28)29-15(5)6/h8-11,13-15,18-19H,12H2,1-7H3,(H,23,26)(H,24,27)(H,25,28)/t18?,19-/m0/s1. The summed E-state index contributed by atoms with van der Waals surface area (Å²) in [5, 5.41) is 8.45. The smallest absolute Gasteiger partial charge is 0.408 e. The van der Waals surface area contributed by atoms with Crippen molar-refractivity contribution < 1.29 is 19.1 Å². The Bertz CT molecular complexity index is 684. The predicted octanol–water partition coefficient (Wildman–Crippen LogP) is 3.02. The maximum absolute atomic E-state index is 12.8. The first kappa shape index (κ1) is 24.5. The molecular formula is C22H35N3O4. The maximum Gasteiger partial charge on any atom is 0.408 e. The van der Waals surface area contributed by atoms with Gasteiger partial charge in [-0.25, -0.2) is 4.79 Å². The first-order valence-electron chi connectivity index (χ1n) is 10.1. The van der Waals surface area contributed by atoms with Crippen LogP contribution in [0, 0.1) is 18.8 Å². The van der Waals surface area contributed by atoms with Crippen LogP contribution in [0.1, 0.15) is 57.5 Å². The van der Waals surface area contributed by atoms with Gasteiger partial charge in [-0.05, 0) is 44.7 Å². The number of carbonyl (C=O) groups excluding carboxylic acids is 3. The summed E-state index contributed by atoms with van der Waals surface area (Å²) < 4.78 is 5.08. The zero-order valence-corrected chi connectivity index (χ0v) is 18.5. The van der Waals surface area contributed by atoms with Crippen LogP contribution >= 0.6 is 0 Å². The number of hydrogen-bond acceptors (Lipinski definition) is 4. The minimum absolute atomic E-state index is 0.0905. The molecule has 0 saturated carbocycles. The van der Waals surface area contributed by atoms with Crippen LogP contribution < -0.4 is 16.0 Å². The molecule has 162 valence electrons. The predicted molar refractivity (Wildman–Crippen MR) is 114 cm³/mol. The van der Waals surface area contributed by atoms with Crippen molar-refractivity contribution in [2.45, 2.75) is 66.7 Å². The molecular weight excluding hydrogens is 370 g/mol. The van der Waals surface area contributed by atoms with Crippen LogP contribution in [0.5, 0.6) is 0 Å². The Morgan fingerprint density at radius 3 is 1.97 bits per heavy atom. The zero-order valence-electron chi connectivity index (χ0n) is 18.5. The molecule has 0 spiro atoms. The lowest BCUT2D eigenvalue weighted by Crippen LogP contribution is -2.55. The maximum atomic E-state index is 12.8. The minimum atomic E-state index is -0.727. The van der Waals surface area contributed by atoms with Crippen LogP contribution in [0.15, 0.2) is 24.3 Å². The highest BCUT2D eigenvalue weighted by Crippen LogP contribution is 2.08. The molecule has 0 heterocycles. The van der Waals surface area contributed by atoms with Gasteiger partial charge in [0.1, 0.15) is 6.04 Å². The molecule has 29 heavy (non-hydrogen) atoms. The van der Waals surface area contributed by atoms with E-state index in [1.54, 1.807) is 26.0 Å². The van der Waals surface area contributed by atoms with Crippen molar-refractivity contribution in [1.82, 2.24) is 16.0 Å². The largest absolute Gasteiger partial charge is 0.447 e. The molecule has 7 heteroatoms. The first-order valence-corrected chi connectivity index (χ1v) is 10.1. The van der Waals surface area contributed by atoms with Gasteiger partial charge in [-0.2, -0.15) is 0 Å². The number of carbonyl (C=O) groups is 3. The van der Waals surface area contributed by atoms with Gasteiger partial charge in [-0.3, -0.25) is 9.59 Å². The molecule has 1 aromatic carbocycles. The number of aryl methyl sites for hydroxylation is 1. The van der Waals surface area contributed by atoms with Crippen molar-refractivity contribution in [3.63, 3.8) is 0 Å². The summed E-state index contributed by atoms with van der Waals surface area (Å²) in [5.74, 6) is -0.523. The van der Waals surface area contributed by atoms with Crippen LogP contribution in [0.3, 0.4) is 0 Å². The number of amides is 3. The molecule has 1 aromatic rings. The van der Waals surface area contributed by atoms with Crippen LogP contribution in [-0.2, 0) is 9.53 Å². The molecule has 0 aliphatic heterocycles. The van der Waals surface area contributed by atoms with Gasteiger partial charge in [0.15, 0.2) is 0 Å². The molecule has 0 saturated heterocycles. The van der Waals surface area contributed by atoms with Crippen LogP contribution in [0.4, 0.5) is 4.79 Å². The Morgan fingerprint density at radius 2 is 1.48 bits per heavy atom. The monoisotopic (exact) mass is 405 g/mol. The summed E-state index contributed by atoms with van der Waals surface area (Å²) in [5.41, 5.74) is 1.65. The Kier molecular flexibility index (Phi) is 9.65. The molecule has 0 radical (unpaired) electrons. The third-order valence-corrected chi connectivity index (χ3v) is 4.49. The average Bonchev–Trinajstić information content (AvgIpc) is 2.62. The molecule has 1 rings (SSSR count). The van der Waals surface area contributed by atoms with E-state index in [1.165, 1.54) is 0 Å². The molecule has 0 aromatic heterocycles. The van der Waals surface area contributed by atoms with Crippen LogP contribution in [0.2, 0.25) is 0 Å². The number of benzene rings is 1. The topological polar surface area (TPSA) is 96.5 Å². The van der Waals surface area contributed by atoms with Gasteiger partial charge < -0.3 is 20.7 Å². The number of ether oxygens (including phenoxy) is 1. The highest BCUT2D eigenvalue weighted by atomic mass is 16.6. The quantitative estimate of drug-likeness (QED) is 0.588. The van der Waals surface area contributed by atoms with E-state index in [-0.39, 0.29) is 42.3 Å². The SMILES string of the molecule is Cc1ccc(C(=O)NCC(NC(=O)[C@@H](NC(=O)OC(C)C)C(C)C)C(C)C)cc1. The molecule has 0 aliphatic carbocycles. The second kappa shape index (κ2) is 11.4. The average molecular weight is 406 g/mol. The fraction of sp³-hybridized carbons (Fsp3) is 0.591. The molecule has 0 bridgehead atoms. The number of alkyl carbamates (subject to hydrolysis) is 1. The Balaban J connectivity index is 2.72. The summed E-state index contributed by atoms with van der Waals surface area (Å²) in [6.45, 7) is 13.4. The lowest BCUT2D eigenvalue weighted by molar-refractivity contribution is -0.125. The van der Waals surface area contributed by atoms with E-state index in [0.717, 1.165) is 5.56 Å². The van der Waals surface area contributed by atoms with Crippen molar-refractivity contribution in [3.8, 4) is 0 Å². The van der Waals surface area contributed by atoms with E-state index in [1.807, 2.05) is 46.8 Å². The van der Waals surface area contributed by atoms with Crippen LogP contribution in [0.25, 0.3) is 0 Å². The van der Waals surface area contributed by atoms with Crippen molar-refractivity contribution in [2.75, 3.05) is 6.54 Å². The zero-order chi connectivity index (χ0) is 22.1. The third-order valence-electron chi connectivity index (χ3n) is 4.49. The lowest BCUT2D eigenvalue weighted by atomic mass is 10.00. The van der Waals surface area contributed by atoms with Gasteiger partial charge in [0.05, 0.1) is 6.10 Å². The molecule has 1 unspecified atom stereocenters. The number of nitrogens with one attached hydrogen (secondary N) is 3. The van der Waals surface area contributed by atoms with E-state index in [4.69, 9.17) is 4.74 Å². The first-order chi connectivity index (χ1) is 13.5. The van der Waals surface area contributed by atoms with Crippen molar-refractivity contribution in [3.05, 3.63) is 35.4 Å². The highest BCUT2D eigenvalue weighted by Gasteiger charge is 2.28. The van der Waals surface area contributed by atoms with E-state index in [2.05, 4.69) is 16.0 Å². The Hall–Kier alpha value is -2.57. The van der Waals surface area contributed by atoms with Gasteiger partial charge in [-0.1, -0.05) is 45.4 Å². The lowest BCUT2D eigenvalue weighted by Gasteiger charge is -2.27. The van der Waals surface area contributed by atoms with E-state index < -0.39 is 12.1 Å². The number of rotatable bonds is 9. The van der Waals surface area contributed by atoms with E-state index in [0.29, 0.717) is 5.56 Å². The Morgan fingerprint density at radius 1 is 0.897 bits per heavy atom. The summed E-state index contributed by atoms with van der Waals surface area (Å²) in [4.78, 5) is 37.1.